The molecule has 1 aliphatic rings. The van der Waals surface area contributed by atoms with Crippen molar-refractivity contribution in [3.05, 3.63) is 12.2 Å². The van der Waals surface area contributed by atoms with E-state index in [1.807, 2.05) is 6.08 Å². The van der Waals surface area contributed by atoms with Gasteiger partial charge in [0.25, 0.3) is 0 Å². The zero-order chi connectivity index (χ0) is 12.6. The summed E-state index contributed by atoms with van der Waals surface area (Å²) < 4.78 is 16.1. The Balaban J connectivity index is 2.30. The third kappa shape index (κ3) is 4.88. The Bertz CT molecular complexity index is 254. The zero-order valence-electron chi connectivity index (χ0n) is 10.7. The maximum atomic E-state index is 11.1. The Morgan fingerprint density at radius 1 is 1.29 bits per heavy atom. The van der Waals surface area contributed by atoms with Crippen LogP contribution >= 0.6 is 0 Å². The van der Waals surface area contributed by atoms with E-state index in [1.165, 1.54) is 6.08 Å². The first-order valence-corrected chi connectivity index (χ1v) is 6.33. The molecular weight excluding hydrogens is 220 g/mol. The van der Waals surface area contributed by atoms with Crippen molar-refractivity contribution in [2.45, 2.75) is 45.3 Å². The summed E-state index contributed by atoms with van der Waals surface area (Å²) >= 11 is 0. The second-order valence-corrected chi connectivity index (χ2v) is 4.05. The highest BCUT2D eigenvalue weighted by Gasteiger charge is 2.34. The minimum atomic E-state index is -0.423. The summed E-state index contributed by atoms with van der Waals surface area (Å²) in [5.74, 6) is -0.710. The lowest BCUT2D eigenvalue weighted by atomic mass is 10.0. The van der Waals surface area contributed by atoms with E-state index in [0.29, 0.717) is 19.8 Å². The van der Waals surface area contributed by atoms with Crippen molar-refractivity contribution in [1.29, 1.82) is 0 Å². The molecule has 1 rings (SSSR count). The van der Waals surface area contributed by atoms with Crippen LogP contribution in [0.15, 0.2) is 12.2 Å². The number of carbonyl (C=O) groups is 1. The maximum Gasteiger partial charge on any atom is 0.330 e. The monoisotopic (exact) mass is 242 g/mol. The molecule has 0 radical (unpaired) electrons. The largest absolute Gasteiger partial charge is 0.463 e. The van der Waals surface area contributed by atoms with Crippen LogP contribution in [0.1, 0.15) is 39.5 Å². The van der Waals surface area contributed by atoms with Gasteiger partial charge in [-0.2, -0.15) is 0 Å². The van der Waals surface area contributed by atoms with Crippen LogP contribution in [-0.2, 0) is 19.0 Å². The van der Waals surface area contributed by atoms with E-state index < -0.39 is 5.79 Å². The first-order chi connectivity index (χ1) is 8.22. The molecule has 0 bridgehead atoms. The average Bonchev–Trinajstić information content (AvgIpc) is 2.75. The van der Waals surface area contributed by atoms with Crippen LogP contribution in [0.25, 0.3) is 0 Å². The minimum absolute atomic E-state index is 0.287. The van der Waals surface area contributed by atoms with Crippen molar-refractivity contribution in [1.82, 2.24) is 0 Å². The Hall–Kier alpha value is -0.870. The van der Waals surface area contributed by atoms with Gasteiger partial charge in [0.05, 0.1) is 19.8 Å². The predicted molar refractivity (Wildman–Crippen MR) is 64.6 cm³/mol. The van der Waals surface area contributed by atoms with Crippen LogP contribution in [0, 0.1) is 0 Å². The molecule has 4 nitrogen and oxygen atoms in total. The molecule has 0 aliphatic carbocycles. The smallest absolute Gasteiger partial charge is 0.330 e. The molecule has 0 atom stereocenters. The number of ether oxygens (including phenoxy) is 3. The summed E-state index contributed by atoms with van der Waals surface area (Å²) in [4.78, 5) is 11.1. The van der Waals surface area contributed by atoms with Crippen molar-refractivity contribution >= 4 is 5.97 Å². The lowest BCUT2D eigenvalue weighted by molar-refractivity contribution is -0.166. The van der Waals surface area contributed by atoms with Crippen LogP contribution in [0.5, 0.6) is 0 Å². The SMILES string of the molecule is CCCC1(CC/C=C/C(=O)OCC)OCCO1. The molecule has 0 spiro atoms. The van der Waals surface area contributed by atoms with Crippen LogP contribution in [0.4, 0.5) is 0 Å². The number of allylic oxidation sites excluding steroid dienone is 1. The van der Waals surface area contributed by atoms with Crippen molar-refractivity contribution < 1.29 is 19.0 Å². The molecule has 4 heteroatoms. The van der Waals surface area contributed by atoms with E-state index in [1.54, 1.807) is 6.92 Å². The zero-order valence-corrected chi connectivity index (χ0v) is 10.7. The molecule has 0 aromatic rings. The normalized spacial score (nSPS) is 18.7. The van der Waals surface area contributed by atoms with Crippen LogP contribution in [0.2, 0.25) is 0 Å². The van der Waals surface area contributed by atoms with Crippen LogP contribution < -0.4 is 0 Å². The fourth-order valence-electron chi connectivity index (χ4n) is 1.96. The summed E-state index contributed by atoms with van der Waals surface area (Å²) in [5.41, 5.74) is 0. The Labute approximate surface area is 103 Å². The molecule has 0 saturated carbocycles. The number of hydrogen-bond acceptors (Lipinski definition) is 4. The predicted octanol–water partition coefficient (Wildman–Crippen LogP) is 2.43. The van der Waals surface area contributed by atoms with E-state index >= 15 is 0 Å². The molecule has 1 saturated heterocycles. The summed E-state index contributed by atoms with van der Waals surface area (Å²) in [7, 11) is 0. The average molecular weight is 242 g/mol. The molecule has 1 heterocycles. The number of carbonyl (C=O) groups excluding carboxylic acids is 1. The van der Waals surface area contributed by atoms with Gasteiger partial charge in [-0.3, -0.25) is 0 Å². The van der Waals surface area contributed by atoms with E-state index in [4.69, 9.17) is 14.2 Å². The third-order valence-corrected chi connectivity index (χ3v) is 2.68. The standard InChI is InChI=1S/C13H22O4/c1-3-8-13(16-10-11-17-13)9-6-5-7-12(14)15-4-2/h5,7H,3-4,6,8-11H2,1-2H3/b7-5+. The number of esters is 1. The second-order valence-electron chi connectivity index (χ2n) is 4.05. The molecule has 0 N–H and O–H groups in total. The molecule has 0 aromatic carbocycles. The van der Waals surface area contributed by atoms with Crippen molar-refractivity contribution in [2.75, 3.05) is 19.8 Å². The van der Waals surface area contributed by atoms with Crippen molar-refractivity contribution in [3.8, 4) is 0 Å². The Kier molecular flexibility index (Phi) is 6.22. The molecular formula is C13H22O4. The highest BCUT2D eigenvalue weighted by atomic mass is 16.7. The van der Waals surface area contributed by atoms with Gasteiger partial charge in [-0.15, -0.1) is 0 Å². The van der Waals surface area contributed by atoms with Crippen LogP contribution in [-0.4, -0.2) is 31.6 Å². The Morgan fingerprint density at radius 3 is 2.59 bits per heavy atom. The first-order valence-electron chi connectivity index (χ1n) is 6.33. The van der Waals surface area contributed by atoms with E-state index in [0.717, 1.165) is 25.7 Å². The van der Waals surface area contributed by atoms with Crippen LogP contribution in [0.3, 0.4) is 0 Å². The molecule has 98 valence electrons. The summed E-state index contributed by atoms with van der Waals surface area (Å²) in [6.07, 6.45) is 6.77. The van der Waals surface area contributed by atoms with Gasteiger partial charge < -0.3 is 14.2 Å². The molecule has 0 amide bonds. The Morgan fingerprint density at radius 2 is 2.00 bits per heavy atom. The van der Waals surface area contributed by atoms with Gasteiger partial charge in [-0.1, -0.05) is 19.4 Å². The quantitative estimate of drug-likeness (QED) is 0.508. The lowest BCUT2D eigenvalue weighted by Crippen LogP contribution is -2.29. The lowest BCUT2D eigenvalue weighted by Gasteiger charge is -2.26. The van der Waals surface area contributed by atoms with Crippen molar-refractivity contribution in [2.24, 2.45) is 0 Å². The molecule has 0 aromatic heterocycles. The van der Waals surface area contributed by atoms with Gasteiger partial charge in [0.2, 0.25) is 0 Å². The summed E-state index contributed by atoms with van der Waals surface area (Å²) in [5, 5.41) is 0. The highest BCUT2D eigenvalue weighted by Crippen LogP contribution is 2.29. The fourth-order valence-corrected chi connectivity index (χ4v) is 1.96. The fraction of sp³-hybridized carbons (Fsp3) is 0.769. The van der Waals surface area contributed by atoms with Gasteiger partial charge in [0.15, 0.2) is 5.79 Å². The first kappa shape index (κ1) is 14.2. The molecule has 1 aliphatic heterocycles. The maximum absolute atomic E-state index is 11.1. The minimum Gasteiger partial charge on any atom is -0.463 e. The summed E-state index contributed by atoms with van der Waals surface area (Å²) in [6, 6.07) is 0. The van der Waals surface area contributed by atoms with Crippen molar-refractivity contribution in [3.63, 3.8) is 0 Å². The molecule has 0 unspecified atom stereocenters. The van der Waals surface area contributed by atoms with Gasteiger partial charge in [0.1, 0.15) is 0 Å². The van der Waals surface area contributed by atoms with E-state index in [9.17, 15) is 4.79 Å². The third-order valence-electron chi connectivity index (χ3n) is 2.68. The van der Waals surface area contributed by atoms with Gasteiger partial charge in [-0.25, -0.2) is 4.79 Å². The van der Waals surface area contributed by atoms with Gasteiger partial charge in [0, 0.05) is 18.9 Å². The topological polar surface area (TPSA) is 44.8 Å². The van der Waals surface area contributed by atoms with Gasteiger partial charge >= 0.3 is 5.97 Å². The number of hydrogen-bond donors (Lipinski definition) is 0. The number of rotatable bonds is 7. The molecule has 17 heavy (non-hydrogen) atoms. The highest BCUT2D eigenvalue weighted by molar-refractivity contribution is 5.81. The van der Waals surface area contributed by atoms with Gasteiger partial charge in [-0.05, 0) is 13.3 Å². The van der Waals surface area contributed by atoms with E-state index in [2.05, 4.69) is 6.92 Å². The molecule has 1 fully saturated rings. The summed E-state index contributed by atoms with van der Waals surface area (Å²) in [6.45, 7) is 5.65. The van der Waals surface area contributed by atoms with E-state index in [-0.39, 0.29) is 5.97 Å². The second kappa shape index (κ2) is 7.45.